The summed E-state index contributed by atoms with van der Waals surface area (Å²) in [5.41, 5.74) is 0.209. The number of hydrogen-bond donors (Lipinski definition) is 0. The van der Waals surface area contributed by atoms with Crippen molar-refractivity contribution in [2.24, 2.45) is 46.3 Å². The van der Waals surface area contributed by atoms with Crippen molar-refractivity contribution in [1.29, 1.82) is 0 Å². The molecule has 2 bridgehead atoms. The SMILES string of the molecule is C[C@@H]1C[C@@H]2[C@H]([C@@H]3CC=C[C@@H]4C[C@H](C5OCCO5)C[C@]14C3=O)C2(C)C. The van der Waals surface area contributed by atoms with Crippen molar-refractivity contribution in [3.8, 4) is 0 Å². The first-order chi connectivity index (χ1) is 11.5. The predicted molar refractivity (Wildman–Crippen MR) is 91.1 cm³/mol. The summed E-state index contributed by atoms with van der Waals surface area (Å²) in [5, 5.41) is 0. The Labute approximate surface area is 145 Å². The normalized spacial score (nSPS) is 52.5. The lowest BCUT2D eigenvalue weighted by Gasteiger charge is -2.39. The maximum atomic E-state index is 13.8. The maximum Gasteiger partial charge on any atom is 0.160 e. The van der Waals surface area contributed by atoms with Crippen molar-refractivity contribution < 1.29 is 14.3 Å². The van der Waals surface area contributed by atoms with Gasteiger partial charge in [-0.25, -0.2) is 0 Å². The van der Waals surface area contributed by atoms with E-state index in [2.05, 4.69) is 32.9 Å². The first-order valence-corrected chi connectivity index (χ1v) is 9.90. The predicted octanol–water partition coefficient (Wildman–Crippen LogP) is 3.83. The van der Waals surface area contributed by atoms with E-state index < -0.39 is 0 Å². The highest BCUT2D eigenvalue weighted by Crippen LogP contribution is 2.71. The molecular weight excluding hydrogens is 300 g/mol. The second kappa shape index (κ2) is 4.94. The highest BCUT2D eigenvalue weighted by Gasteiger charge is 2.69. The van der Waals surface area contributed by atoms with Gasteiger partial charge in [0.2, 0.25) is 0 Å². The van der Waals surface area contributed by atoms with E-state index in [0.29, 0.717) is 48.1 Å². The third-order valence-electron chi connectivity index (χ3n) is 8.46. The van der Waals surface area contributed by atoms with Crippen molar-refractivity contribution in [3.05, 3.63) is 12.2 Å². The van der Waals surface area contributed by atoms with Crippen LogP contribution in [0, 0.1) is 46.3 Å². The summed E-state index contributed by atoms with van der Waals surface area (Å²) in [5.74, 6) is 3.43. The minimum atomic E-state index is -0.152. The van der Waals surface area contributed by atoms with Crippen LogP contribution in [0.25, 0.3) is 0 Å². The maximum absolute atomic E-state index is 13.8. The van der Waals surface area contributed by atoms with Gasteiger partial charge in [0.25, 0.3) is 0 Å². The van der Waals surface area contributed by atoms with Gasteiger partial charge in [0, 0.05) is 17.3 Å². The van der Waals surface area contributed by atoms with Crippen LogP contribution in [0.3, 0.4) is 0 Å². The lowest BCUT2D eigenvalue weighted by atomic mass is 9.62. The van der Waals surface area contributed by atoms with Crippen LogP contribution in [0.5, 0.6) is 0 Å². The highest BCUT2D eigenvalue weighted by molar-refractivity contribution is 5.90. The van der Waals surface area contributed by atoms with E-state index in [0.717, 1.165) is 25.2 Å². The molecule has 24 heavy (non-hydrogen) atoms. The molecule has 3 saturated carbocycles. The Kier molecular flexibility index (Phi) is 3.21. The van der Waals surface area contributed by atoms with E-state index in [-0.39, 0.29) is 17.6 Å². The molecule has 5 rings (SSSR count). The number of carbonyl (C=O) groups excluding carboxylic acids is 1. The average molecular weight is 330 g/mol. The molecule has 1 aliphatic heterocycles. The summed E-state index contributed by atoms with van der Waals surface area (Å²) < 4.78 is 11.6. The lowest BCUT2D eigenvalue weighted by molar-refractivity contribution is -0.138. The highest BCUT2D eigenvalue weighted by atomic mass is 16.7. The molecule has 3 heteroatoms. The van der Waals surface area contributed by atoms with Crippen LogP contribution in [0.15, 0.2) is 12.2 Å². The summed E-state index contributed by atoms with van der Waals surface area (Å²) in [7, 11) is 0. The van der Waals surface area contributed by atoms with E-state index >= 15 is 0 Å². The Morgan fingerprint density at radius 2 is 1.92 bits per heavy atom. The van der Waals surface area contributed by atoms with Gasteiger partial charge in [0.1, 0.15) is 5.78 Å². The van der Waals surface area contributed by atoms with Gasteiger partial charge in [-0.05, 0) is 54.8 Å². The largest absolute Gasteiger partial charge is 0.350 e. The molecule has 5 aliphatic rings. The van der Waals surface area contributed by atoms with Gasteiger partial charge in [-0.1, -0.05) is 32.9 Å². The number of ketones is 1. The van der Waals surface area contributed by atoms with Gasteiger partial charge in [0.15, 0.2) is 6.29 Å². The Bertz CT molecular complexity index is 588. The second-order valence-corrected chi connectivity index (χ2v) is 9.68. The summed E-state index contributed by atoms with van der Waals surface area (Å²) >= 11 is 0. The van der Waals surface area contributed by atoms with Crippen LogP contribution in [0.1, 0.15) is 46.5 Å². The molecule has 0 N–H and O–H groups in total. The Morgan fingerprint density at radius 1 is 1.17 bits per heavy atom. The number of Topliss-reactive ketones (excluding diaryl/α,β-unsaturated/α-hetero) is 1. The van der Waals surface area contributed by atoms with E-state index in [9.17, 15) is 4.79 Å². The third kappa shape index (κ3) is 1.83. The quantitative estimate of drug-likeness (QED) is 0.686. The topological polar surface area (TPSA) is 35.5 Å². The van der Waals surface area contributed by atoms with E-state index in [1.807, 2.05) is 0 Å². The fourth-order valence-electron chi connectivity index (χ4n) is 7.18. The zero-order valence-corrected chi connectivity index (χ0v) is 15.2. The number of allylic oxidation sites excluding steroid dienone is 2. The molecule has 3 nitrogen and oxygen atoms in total. The molecule has 0 unspecified atom stereocenters. The zero-order chi connectivity index (χ0) is 16.7. The molecule has 1 saturated heterocycles. The molecule has 0 amide bonds. The standard InChI is InChI=1S/C21H30O3/c1-12-9-16-17(20(16,2)3)15-6-4-5-14-10-13(19-23-7-8-24-19)11-21(12,14)18(15)22/h4-5,12-17,19H,6-11H2,1-3H3/t12-,13+,14-,15+,16-,17+,21+/m1/s1. The molecule has 0 radical (unpaired) electrons. The molecule has 0 aromatic heterocycles. The van der Waals surface area contributed by atoms with Crippen molar-refractivity contribution in [2.45, 2.75) is 52.7 Å². The van der Waals surface area contributed by atoms with Crippen LogP contribution in [-0.2, 0) is 14.3 Å². The minimum absolute atomic E-state index is 0.0765. The first kappa shape index (κ1) is 15.6. The second-order valence-electron chi connectivity index (χ2n) is 9.68. The number of fused-ring (bicyclic) bond motifs is 3. The van der Waals surface area contributed by atoms with Crippen molar-refractivity contribution in [1.82, 2.24) is 0 Å². The van der Waals surface area contributed by atoms with Crippen LogP contribution >= 0.6 is 0 Å². The summed E-state index contributed by atoms with van der Waals surface area (Å²) in [6, 6.07) is 0. The van der Waals surface area contributed by atoms with E-state index in [4.69, 9.17) is 9.47 Å². The molecule has 132 valence electrons. The number of rotatable bonds is 1. The van der Waals surface area contributed by atoms with Gasteiger partial charge in [-0.3, -0.25) is 4.79 Å². The van der Waals surface area contributed by atoms with Gasteiger partial charge in [-0.15, -0.1) is 0 Å². The van der Waals surface area contributed by atoms with Crippen molar-refractivity contribution in [2.75, 3.05) is 13.2 Å². The third-order valence-corrected chi connectivity index (χ3v) is 8.46. The molecule has 1 spiro atoms. The van der Waals surface area contributed by atoms with Crippen LogP contribution < -0.4 is 0 Å². The molecule has 1 heterocycles. The minimum Gasteiger partial charge on any atom is -0.350 e. The van der Waals surface area contributed by atoms with Crippen molar-refractivity contribution >= 4 is 5.78 Å². The smallest absolute Gasteiger partial charge is 0.160 e. The first-order valence-electron chi connectivity index (χ1n) is 9.90. The lowest BCUT2D eigenvalue weighted by Crippen LogP contribution is -2.43. The Hall–Kier alpha value is -0.670. The van der Waals surface area contributed by atoms with Crippen molar-refractivity contribution in [3.63, 3.8) is 0 Å². The summed E-state index contributed by atoms with van der Waals surface area (Å²) in [4.78, 5) is 13.8. The molecule has 4 aliphatic carbocycles. The molecular formula is C21H30O3. The van der Waals surface area contributed by atoms with Gasteiger partial charge >= 0.3 is 0 Å². The van der Waals surface area contributed by atoms with E-state index in [1.165, 1.54) is 6.42 Å². The molecule has 7 atom stereocenters. The fraction of sp³-hybridized carbons (Fsp3) is 0.857. The van der Waals surface area contributed by atoms with Gasteiger partial charge in [0.05, 0.1) is 13.2 Å². The Balaban J connectivity index is 1.53. The van der Waals surface area contributed by atoms with E-state index in [1.54, 1.807) is 0 Å². The molecule has 4 fully saturated rings. The number of hydrogen-bond acceptors (Lipinski definition) is 3. The van der Waals surface area contributed by atoms with Gasteiger partial charge < -0.3 is 9.47 Å². The number of carbonyl (C=O) groups is 1. The van der Waals surface area contributed by atoms with Gasteiger partial charge in [-0.2, -0.15) is 0 Å². The monoisotopic (exact) mass is 330 g/mol. The Morgan fingerprint density at radius 3 is 2.67 bits per heavy atom. The summed E-state index contributed by atoms with van der Waals surface area (Å²) in [6.07, 6.45) is 8.87. The zero-order valence-electron chi connectivity index (χ0n) is 15.2. The fourth-order valence-corrected chi connectivity index (χ4v) is 7.18. The number of ether oxygens (including phenoxy) is 2. The van der Waals surface area contributed by atoms with Crippen LogP contribution in [-0.4, -0.2) is 25.3 Å². The van der Waals surface area contributed by atoms with Crippen LogP contribution in [0.2, 0.25) is 0 Å². The van der Waals surface area contributed by atoms with Crippen LogP contribution in [0.4, 0.5) is 0 Å². The summed E-state index contributed by atoms with van der Waals surface area (Å²) in [6.45, 7) is 8.53. The molecule has 0 aromatic carbocycles. The average Bonchev–Trinajstić information content (AvgIpc) is 2.96. The molecule has 0 aromatic rings.